The summed E-state index contributed by atoms with van der Waals surface area (Å²) in [4.78, 5) is 80.1. The lowest BCUT2D eigenvalue weighted by Crippen LogP contribution is -2.28. The van der Waals surface area contributed by atoms with Gasteiger partial charge < -0.3 is 25.0 Å². The molecule has 1 aliphatic carbocycles. The zero-order valence-corrected chi connectivity index (χ0v) is 30.4. The van der Waals surface area contributed by atoms with Crippen LogP contribution in [-0.4, -0.2) is 63.1 Å². The van der Waals surface area contributed by atoms with Crippen molar-refractivity contribution in [2.24, 2.45) is 0 Å². The molecule has 5 rings (SSSR count). The predicted octanol–water partition coefficient (Wildman–Crippen LogP) is 7.89. The summed E-state index contributed by atoms with van der Waals surface area (Å²) in [5.41, 5.74) is 0.593. The fourth-order valence-corrected chi connectivity index (χ4v) is 6.56. The number of nitrogens with one attached hydrogen (secondary N) is 1. The molecule has 0 bridgehead atoms. The second kappa shape index (κ2) is 16.8. The van der Waals surface area contributed by atoms with Crippen molar-refractivity contribution in [1.82, 2.24) is 4.98 Å². The number of carboxylic acids is 1. The summed E-state index contributed by atoms with van der Waals surface area (Å²) >= 11 is 24.7. The van der Waals surface area contributed by atoms with E-state index in [4.69, 9.17) is 61.0 Å². The van der Waals surface area contributed by atoms with Crippen molar-refractivity contribution in [2.75, 3.05) is 11.9 Å². The second-order valence-electron chi connectivity index (χ2n) is 11.8. The maximum absolute atomic E-state index is 13.4. The van der Waals surface area contributed by atoms with Crippen molar-refractivity contribution >= 4 is 104 Å². The zero-order chi connectivity index (χ0) is 38.6. The molecule has 3 aromatic carbocycles. The van der Waals surface area contributed by atoms with Gasteiger partial charge in [0.2, 0.25) is 5.91 Å². The van der Waals surface area contributed by atoms with Gasteiger partial charge in [0.25, 0.3) is 0 Å². The first-order valence-corrected chi connectivity index (χ1v) is 17.4. The maximum Gasteiger partial charge on any atom is 0.306 e. The number of halogens is 4. The molecular formula is C37H28Cl4N2O10. The van der Waals surface area contributed by atoms with Gasteiger partial charge in [-0.15, -0.1) is 0 Å². The van der Waals surface area contributed by atoms with Gasteiger partial charge in [-0.05, 0) is 35.9 Å². The Morgan fingerprint density at radius 2 is 1.51 bits per heavy atom. The number of hydrogen-bond acceptors (Lipinski definition) is 10. The quantitative estimate of drug-likeness (QED) is 0.0459. The normalized spacial score (nSPS) is 13.1. The highest BCUT2D eigenvalue weighted by molar-refractivity contribution is 6.55. The van der Waals surface area contributed by atoms with Crippen molar-refractivity contribution in [3.8, 4) is 11.5 Å². The average molecular weight is 802 g/mol. The third-order valence-corrected chi connectivity index (χ3v) is 9.95. The highest BCUT2D eigenvalue weighted by Gasteiger charge is 2.46. The van der Waals surface area contributed by atoms with Gasteiger partial charge in [0, 0.05) is 30.3 Å². The van der Waals surface area contributed by atoms with Crippen LogP contribution < -0.4 is 10.1 Å². The van der Waals surface area contributed by atoms with Crippen LogP contribution in [0.1, 0.15) is 70.0 Å². The van der Waals surface area contributed by atoms with Crippen molar-refractivity contribution < 1.29 is 48.5 Å². The van der Waals surface area contributed by atoms with Crippen LogP contribution in [0.2, 0.25) is 20.1 Å². The number of anilines is 1. The third kappa shape index (κ3) is 8.97. The maximum atomic E-state index is 13.4. The van der Waals surface area contributed by atoms with E-state index in [9.17, 15) is 33.9 Å². The third-order valence-electron chi connectivity index (χ3n) is 8.15. The van der Waals surface area contributed by atoms with Crippen molar-refractivity contribution in [3.05, 3.63) is 97.6 Å². The van der Waals surface area contributed by atoms with Gasteiger partial charge >= 0.3 is 11.9 Å². The molecule has 4 aromatic rings. The van der Waals surface area contributed by atoms with E-state index in [-0.39, 0.29) is 74.0 Å². The van der Waals surface area contributed by atoms with E-state index in [1.165, 1.54) is 18.2 Å². The Balaban J connectivity index is 1.24. The Labute approximate surface area is 321 Å². The lowest BCUT2D eigenvalue weighted by molar-refractivity contribution is -0.154. The summed E-state index contributed by atoms with van der Waals surface area (Å²) in [7, 11) is 0. The number of esters is 1. The number of Topliss-reactive ketones (excluding diaryl/α,β-unsaturated/α-hetero) is 3. The molecule has 53 heavy (non-hydrogen) atoms. The number of fused-ring (bicyclic) bond motifs is 2. The molecule has 1 heterocycles. The number of nitrogens with zero attached hydrogens (tertiary/aromatic N) is 1. The number of rotatable bonds is 15. The Morgan fingerprint density at radius 3 is 2.11 bits per heavy atom. The van der Waals surface area contributed by atoms with Crippen LogP contribution in [0.15, 0.2) is 55.1 Å². The van der Waals surface area contributed by atoms with Gasteiger partial charge in [0.15, 0.2) is 11.6 Å². The topological polar surface area (TPSA) is 186 Å². The number of hydrogen-bond donors (Lipinski definition) is 3. The highest BCUT2D eigenvalue weighted by atomic mass is 35.5. The van der Waals surface area contributed by atoms with Crippen molar-refractivity contribution in [1.29, 1.82) is 0 Å². The van der Waals surface area contributed by atoms with E-state index in [1.54, 1.807) is 36.4 Å². The first-order valence-electron chi connectivity index (χ1n) is 15.8. The lowest BCUT2D eigenvalue weighted by atomic mass is 9.97. The number of carbonyl (C=O) groups is 6. The van der Waals surface area contributed by atoms with Crippen LogP contribution in [0, 0.1) is 0 Å². The summed E-state index contributed by atoms with van der Waals surface area (Å²) in [6, 6.07) is 12.7. The smallest absolute Gasteiger partial charge is 0.306 e. The van der Waals surface area contributed by atoms with Crippen molar-refractivity contribution in [3.63, 3.8) is 0 Å². The van der Waals surface area contributed by atoms with E-state index >= 15 is 0 Å². The molecule has 0 spiro atoms. The molecule has 3 N–H and O–H groups in total. The number of aromatic hydroxyl groups is 1. The van der Waals surface area contributed by atoms with Gasteiger partial charge in [-0.1, -0.05) is 77.3 Å². The van der Waals surface area contributed by atoms with Gasteiger partial charge in [-0.2, -0.15) is 0 Å². The molecule has 0 saturated heterocycles. The first kappa shape index (κ1) is 39.2. The van der Waals surface area contributed by atoms with Crippen LogP contribution in [0.4, 0.5) is 5.69 Å². The minimum atomic E-state index is -1.59. The van der Waals surface area contributed by atoms with Crippen LogP contribution in [0.5, 0.6) is 11.5 Å². The fraction of sp³-hybridized carbons (Fsp3) is 0.216. The molecule has 0 fully saturated rings. The number of benzene rings is 3. The summed E-state index contributed by atoms with van der Waals surface area (Å²) < 4.78 is 11.0. The minimum Gasteiger partial charge on any atom is -0.506 e. The molecule has 0 aliphatic heterocycles. The number of pyridine rings is 1. The molecule has 1 aromatic heterocycles. The molecule has 1 unspecified atom stereocenters. The predicted molar refractivity (Wildman–Crippen MR) is 198 cm³/mol. The molecule has 0 radical (unpaired) electrons. The number of ether oxygens (including phenoxy) is 2. The van der Waals surface area contributed by atoms with E-state index in [1.807, 2.05) is 0 Å². The number of amides is 1. The number of carboxylic acid groups (broad SMARTS) is 1. The molecule has 1 aliphatic rings. The summed E-state index contributed by atoms with van der Waals surface area (Å²) in [5, 5.41) is 21.8. The zero-order valence-electron chi connectivity index (χ0n) is 27.4. The molecule has 0 saturated carbocycles. The van der Waals surface area contributed by atoms with Crippen LogP contribution in [0.25, 0.3) is 17.0 Å². The average Bonchev–Trinajstić information content (AvgIpc) is 3.39. The van der Waals surface area contributed by atoms with Gasteiger partial charge in [-0.3, -0.25) is 28.8 Å². The molecule has 16 heteroatoms. The molecule has 12 nitrogen and oxygen atoms in total. The Bertz CT molecular complexity index is 2140. The Kier molecular flexibility index (Phi) is 12.4. The highest BCUT2D eigenvalue weighted by Crippen LogP contribution is 2.49. The van der Waals surface area contributed by atoms with E-state index < -0.39 is 65.8 Å². The van der Waals surface area contributed by atoms with E-state index in [0.29, 0.717) is 11.1 Å². The van der Waals surface area contributed by atoms with Crippen molar-refractivity contribution in [2.45, 2.75) is 44.1 Å². The van der Waals surface area contributed by atoms with Gasteiger partial charge in [-0.25, -0.2) is 4.98 Å². The molecule has 1 atom stereocenters. The number of carbonyl (C=O) groups excluding carboxylic acids is 5. The number of aromatic nitrogens is 1. The van der Waals surface area contributed by atoms with Crippen LogP contribution in [-0.2, 0) is 23.9 Å². The second-order valence-corrected chi connectivity index (χ2v) is 13.4. The summed E-state index contributed by atoms with van der Waals surface area (Å²) in [5.74, 6) is -6.12. The molecule has 1 amide bonds. The van der Waals surface area contributed by atoms with Gasteiger partial charge in [0.1, 0.15) is 41.6 Å². The number of aliphatic carboxylic acids is 1. The van der Waals surface area contributed by atoms with E-state index in [0.717, 1.165) is 5.56 Å². The monoisotopic (exact) mass is 800 g/mol. The number of ketones is 3. The van der Waals surface area contributed by atoms with E-state index in [2.05, 4.69) is 16.9 Å². The standard InChI is InChI=1S/C37H28Cl4N2O10/c1-2-17-3-8-21(9-4-17)52-16-22(53-27(49)12-11-26(47)48)15-20(44)7-10-25(46)42-19-6-5-18-13-24(45)35(43-23(18)14-19)30-36(50)28-29(37(30)51)32(39)34(41)33(40)31(28)38/h2-6,8-9,13-14,22,30,45H,1,7,10-12,15-16H2,(H,42,46)(H,47,48). The van der Waals surface area contributed by atoms with Crippen LogP contribution in [0.3, 0.4) is 0 Å². The van der Waals surface area contributed by atoms with Crippen LogP contribution >= 0.6 is 46.4 Å². The lowest BCUT2D eigenvalue weighted by Gasteiger charge is -2.18. The summed E-state index contributed by atoms with van der Waals surface area (Å²) in [6.45, 7) is 3.49. The Morgan fingerprint density at radius 1 is 0.868 bits per heavy atom. The minimum absolute atomic E-state index is 0.197. The molecular weight excluding hydrogens is 774 g/mol. The Hall–Kier alpha value is -5.01. The first-order chi connectivity index (χ1) is 25.2. The summed E-state index contributed by atoms with van der Waals surface area (Å²) in [6.07, 6.45) is -1.00. The van der Waals surface area contributed by atoms with Gasteiger partial charge in [0.05, 0.1) is 49.6 Å². The fourth-order valence-electron chi connectivity index (χ4n) is 5.52. The SMILES string of the molecule is C=Cc1ccc(OCC(CC(=O)CCC(=O)Nc2ccc3cc(O)c(C4C(=O)c5c(Cl)c(Cl)c(Cl)c(Cl)c5C4=O)nc3c2)OC(=O)CCC(=O)O)cc1. The molecule has 274 valence electrons. The largest absolute Gasteiger partial charge is 0.506 e.